The quantitative estimate of drug-likeness (QED) is 0.419. The van der Waals surface area contributed by atoms with E-state index in [4.69, 9.17) is 0 Å². The van der Waals surface area contributed by atoms with Gasteiger partial charge in [0.05, 0.1) is 18.3 Å². The third kappa shape index (κ3) is 3.08. The Morgan fingerprint density at radius 1 is 0.867 bits per heavy atom. The van der Waals surface area contributed by atoms with Crippen LogP contribution in [0.4, 0.5) is 0 Å². The van der Waals surface area contributed by atoms with E-state index >= 15 is 0 Å². The van der Waals surface area contributed by atoms with E-state index in [9.17, 15) is 4.79 Å². The summed E-state index contributed by atoms with van der Waals surface area (Å²) in [7, 11) is 0. The molecule has 2 aromatic heterocycles. The van der Waals surface area contributed by atoms with Crippen LogP contribution in [0.5, 0.6) is 0 Å². The Labute approximate surface area is 174 Å². The first-order chi connectivity index (χ1) is 14.5. The minimum Gasteiger partial charge on any atom is -0.304 e. The fourth-order valence-electron chi connectivity index (χ4n) is 3.92. The van der Waals surface area contributed by atoms with Crippen LogP contribution in [-0.4, -0.2) is 19.6 Å². The van der Waals surface area contributed by atoms with Crippen molar-refractivity contribution in [2.75, 3.05) is 0 Å². The molecule has 0 N–H and O–H groups in total. The molecule has 2 heterocycles. The second-order valence-electron chi connectivity index (χ2n) is 8.12. The highest BCUT2D eigenvalue weighted by atomic mass is 16.1. The number of benzene rings is 3. The Morgan fingerprint density at radius 3 is 2.33 bits per heavy atom. The predicted octanol–water partition coefficient (Wildman–Crippen LogP) is 4.58. The van der Waals surface area contributed by atoms with E-state index in [1.807, 2.05) is 79.5 Å². The average molecular weight is 394 g/mol. The van der Waals surface area contributed by atoms with Crippen molar-refractivity contribution >= 4 is 21.5 Å². The summed E-state index contributed by atoms with van der Waals surface area (Å²) in [5.74, 6) is 0. The van der Waals surface area contributed by atoms with Gasteiger partial charge in [-0.1, -0.05) is 59.8 Å². The lowest BCUT2D eigenvalue weighted by Crippen LogP contribution is -2.37. The summed E-state index contributed by atoms with van der Waals surface area (Å²) >= 11 is 0. The standard InChI is InChI=1S/C25H22N4O/c1-25(2,23-17-28(27-26-23)16-18-8-4-3-5-9-18)29-13-12-21-14-19-10-6-7-11-20(19)15-22(21)24(29)30/h3-15,17H,16H2,1-2H3. The van der Waals surface area contributed by atoms with Gasteiger partial charge in [-0.3, -0.25) is 4.79 Å². The van der Waals surface area contributed by atoms with Crippen LogP contribution in [0.1, 0.15) is 25.1 Å². The van der Waals surface area contributed by atoms with E-state index in [2.05, 4.69) is 34.6 Å². The maximum absolute atomic E-state index is 13.4. The van der Waals surface area contributed by atoms with Crippen molar-refractivity contribution in [2.45, 2.75) is 25.9 Å². The molecule has 0 saturated carbocycles. The van der Waals surface area contributed by atoms with Crippen molar-refractivity contribution in [2.24, 2.45) is 0 Å². The molecule has 0 saturated heterocycles. The van der Waals surface area contributed by atoms with Crippen molar-refractivity contribution in [3.05, 3.63) is 107 Å². The van der Waals surface area contributed by atoms with Gasteiger partial charge in [0.2, 0.25) is 0 Å². The normalized spacial score (nSPS) is 11.9. The van der Waals surface area contributed by atoms with Crippen LogP contribution in [0.2, 0.25) is 0 Å². The van der Waals surface area contributed by atoms with Gasteiger partial charge in [-0.05, 0) is 53.8 Å². The van der Waals surface area contributed by atoms with Gasteiger partial charge in [0.25, 0.3) is 5.56 Å². The lowest BCUT2D eigenvalue weighted by atomic mass is 9.99. The van der Waals surface area contributed by atoms with E-state index in [0.29, 0.717) is 11.9 Å². The molecule has 0 aliphatic rings. The molecule has 0 bridgehead atoms. The Kier molecular flexibility index (Phi) is 4.24. The molecule has 0 unspecified atom stereocenters. The second kappa shape index (κ2) is 6.95. The highest BCUT2D eigenvalue weighted by molar-refractivity contribution is 5.97. The van der Waals surface area contributed by atoms with Gasteiger partial charge in [0, 0.05) is 11.6 Å². The smallest absolute Gasteiger partial charge is 0.259 e. The van der Waals surface area contributed by atoms with Crippen molar-refractivity contribution < 1.29 is 0 Å². The molecule has 5 nitrogen and oxygen atoms in total. The zero-order valence-corrected chi connectivity index (χ0v) is 17.0. The Hall–Kier alpha value is -3.73. The third-order valence-electron chi connectivity index (χ3n) is 5.73. The summed E-state index contributed by atoms with van der Waals surface area (Å²) in [5, 5.41) is 12.5. The molecule has 148 valence electrons. The molecule has 0 aliphatic carbocycles. The minimum absolute atomic E-state index is 0.0270. The molecule has 0 amide bonds. The molecule has 5 rings (SSSR count). The van der Waals surface area contributed by atoms with E-state index in [-0.39, 0.29) is 5.56 Å². The molecular weight excluding hydrogens is 372 g/mol. The number of fused-ring (bicyclic) bond motifs is 2. The van der Waals surface area contributed by atoms with E-state index < -0.39 is 5.54 Å². The maximum atomic E-state index is 13.4. The first-order valence-electron chi connectivity index (χ1n) is 10.0. The van der Waals surface area contributed by atoms with Crippen LogP contribution < -0.4 is 5.56 Å². The SMILES string of the molecule is CC(C)(c1cn(Cc2ccccc2)nn1)n1ccc2cc3ccccc3cc2c1=O. The van der Waals surface area contributed by atoms with Gasteiger partial charge >= 0.3 is 0 Å². The lowest BCUT2D eigenvalue weighted by molar-refractivity contribution is 0.411. The zero-order valence-electron chi connectivity index (χ0n) is 17.0. The molecule has 5 aromatic rings. The number of hydrogen-bond acceptors (Lipinski definition) is 3. The number of pyridine rings is 1. The second-order valence-corrected chi connectivity index (χ2v) is 8.12. The van der Waals surface area contributed by atoms with E-state index in [1.54, 1.807) is 4.57 Å². The van der Waals surface area contributed by atoms with Crippen LogP contribution >= 0.6 is 0 Å². The highest BCUT2D eigenvalue weighted by Gasteiger charge is 2.28. The molecule has 0 aliphatic heterocycles. The summed E-state index contributed by atoms with van der Waals surface area (Å²) in [4.78, 5) is 13.4. The van der Waals surface area contributed by atoms with Crippen LogP contribution in [0.15, 0.2) is 90.0 Å². The highest BCUT2D eigenvalue weighted by Crippen LogP contribution is 2.25. The largest absolute Gasteiger partial charge is 0.304 e. The van der Waals surface area contributed by atoms with E-state index in [0.717, 1.165) is 27.4 Å². The number of nitrogens with zero attached hydrogens (tertiary/aromatic N) is 4. The van der Waals surface area contributed by atoms with E-state index in [1.165, 1.54) is 0 Å². The first kappa shape index (κ1) is 18.3. The van der Waals surface area contributed by atoms with Crippen molar-refractivity contribution in [1.29, 1.82) is 0 Å². The summed E-state index contributed by atoms with van der Waals surface area (Å²) in [5.41, 5.74) is 1.24. The third-order valence-corrected chi connectivity index (χ3v) is 5.73. The Bertz CT molecular complexity index is 1410. The predicted molar refractivity (Wildman–Crippen MR) is 120 cm³/mol. The lowest BCUT2D eigenvalue weighted by Gasteiger charge is -2.25. The van der Waals surface area contributed by atoms with Crippen LogP contribution in [0, 0.1) is 0 Å². The van der Waals surface area contributed by atoms with Gasteiger partial charge in [0.1, 0.15) is 5.69 Å². The Morgan fingerprint density at radius 2 is 1.57 bits per heavy atom. The van der Waals surface area contributed by atoms with Crippen molar-refractivity contribution in [3.63, 3.8) is 0 Å². The summed E-state index contributed by atoms with van der Waals surface area (Å²) in [6, 6.07) is 24.3. The van der Waals surface area contributed by atoms with Gasteiger partial charge < -0.3 is 4.57 Å². The number of rotatable bonds is 4. The Balaban J connectivity index is 1.56. The summed E-state index contributed by atoms with van der Waals surface area (Å²) < 4.78 is 3.56. The fourth-order valence-corrected chi connectivity index (χ4v) is 3.92. The van der Waals surface area contributed by atoms with Crippen LogP contribution in [0.25, 0.3) is 21.5 Å². The van der Waals surface area contributed by atoms with Gasteiger partial charge in [-0.25, -0.2) is 4.68 Å². The van der Waals surface area contributed by atoms with Gasteiger partial charge in [-0.2, -0.15) is 0 Å². The fraction of sp³-hybridized carbons (Fsp3) is 0.160. The molecule has 5 heteroatoms. The molecular formula is C25H22N4O. The van der Waals surface area contributed by atoms with Crippen molar-refractivity contribution in [1.82, 2.24) is 19.6 Å². The minimum atomic E-state index is -0.633. The van der Waals surface area contributed by atoms with Crippen molar-refractivity contribution in [3.8, 4) is 0 Å². The monoisotopic (exact) mass is 394 g/mol. The van der Waals surface area contributed by atoms with Gasteiger partial charge in [-0.15, -0.1) is 5.10 Å². The zero-order chi connectivity index (χ0) is 20.7. The molecule has 0 fully saturated rings. The topological polar surface area (TPSA) is 52.7 Å². The molecule has 0 radical (unpaired) electrons. The van der Waals surface area contributed by atoms with Crippen LogP contribution in [-0.2, 0) is 12.1 Å². The average Bonchev–Trinajstić information content (AvgIpc) is 3.23. The molecule has 3 aromatic carbocycles. The molecule has 0 atom stereocenters. The first-order valence-corrected chi connectivity index (χ1v) is 10.0. The summed E-state index contributed by atoms with van der Waals surface area (Å²) in [6.07, 6.45) is 3.78. The van der Waals surface area contributed by atoms with Gasteiger partial charge in [0.15, 0.2) is 0 Å². The molecule has 0 spiro atoms. The number of hydrogen-bond donors (Lipinski definition) is 0. The molecule has 30 heavy (non-hydrogen) atoms. The summed E-state index contributed by atoms with van der Waals surface area (Å²) in [6.45, 7) is 4.64. The maximum Gasteiger partial charge on any atom is 0.259 e. The van der Waals surface area contributed by atoms with Crippen LogP contribution in [0.3, 0.4) is 0 Å². The number of aromatic nitrogens is 4.